The van der Waals surface area contributed by atoms with Crippen LogP contribution in [0.4, 0.5) is 5.82 Å². The van der Waals surface area contributed by atoms with Crippen molar-refractivity contribution in [1.82, 2.24) is 15.2 Å². The zero-order valence-electron chi connectivity index (χ0n) is 13.8. The Balaban J connectivity index is 2.05. The smallest absolute Gasteiger partial charge is 0.184 e. The Bertz CT molecular complexity index is 731. The lowest BCUT2D eigenvalue weighted by molar-refractivity contribution is 0.567. The summed E-state index contributed by atoms with van der Waals surface area (Å²) < 4.78 is 2.00. The maximum absolute atomic E-state index is 5.45. The van der Waals surface area contributed by atoms with Crippen LogP contribution in [0.15, 0.2) is 35.4 Å². The van der Waals surface area contributed by atoms with Crippen molar-refractivity contribution in [3.63, 3.8) is 0 Å². The third kappa shape index (κ3) is 3.56. The number of aryl methyl sites for hydroxylation is 1. The molecule has 2 aromatic rings. The molecule has 0 amide bonds. The number of aromatic nitrogens is 2. The number of nitrogens with two attached hydrogens (primary N) is 1. The Morgan fingerprint density at radius 2 is 1.96 bits per heavy atom. The standard InChI is InChI=1S/C17H22N6S/c1-13-15(12-19-20-17(18)24)16(22-10-6-3-7-11-22)23(21-13)14-8-4-2-5-9-14/h2,4-5,8-9,12H,3,6-7,10-11H2,1H3,(H3,18,20,24)/b19-12+. The lowest BCUT2D eigenvalue weighted by atomic mass is 10.1. The zero-order valence-corrected chi connectivity index (χ0v) is 14.6. The molecule has 6 nitrogen and oxygen atoms in total. The molecule has 7 heteroatoms. The van der Waals surface area contributed by atoms with E-state index < -0.39 is 0 Å². The highest BCUT2D eigenvalue weighted by atomic mass is 32.1. The first-order chi connectivity index (χ1) is 11.7. The van der Waals surface area contributed by atoms with Gasteiger partial charge in [0, 0.05) is 13.1 Å². The first-order valence-electron chi connectivity index (χ1n) is 8.15. The lowest BCUT2D eigenvalue weighted by Gasteiger charge is -2.29. The molecule has 0 bridgehead atoms. The third-order valence-electron chi connectivity index (χ3n) is 4.11. The van der Waals surface area contributed by atoms with Crippen LogP contribution in [0.2, 0.25) is 0 Å². The molecule has 0 saturated carbocycles. The van der Waals surface area contributed by atoms with Crippen molar-refractivity contribution in [2.24, 2.45) is 10.8 Å². The fraction of sp³-hybridized carbons (Fsp3) is 0.353. The van der Waals surface area contributed by atoms with Gasteiger partial charge in [-0.05, 0) is 50.5 Å². The van der Waals surface area contributed by atoms with Gasteiger partial charge in [-0.25, -0.2) is 4.68 Å². The number of hydrogen-bond donors (Lipinski definition) is 2. The summed E-state index contributed by atoms with van der Waals surface area (Å²) in [6.07, 6.45) is 5.42. The molecule has 0 radical (unpaired) electrons. The molecule has 1 fully saturated rings. The highest BCUT2D eigenvalue weighted by Crippen LogP contribution is 2.28. The van der Waals surface area contributed by atoms with Crippen LogP contribution in [-0.2, 0) is 0 Å². The monoisotopic (exact) mass is 342 g/mol. The van der Waals surface area contributed by atoms with E-state index in [1.54, 1.807) is 6.21 Å². The molecular formula is C17H22N6S. The van der Waals surface area contributed by atoms with Crippen molar-refractivity contribution in [3.8, 4) is 5.69 Å². The van der Waals surface area contributed by atoms with Gasteiger partial charge in [-0.3, -0.25) is 5.43 Å². The Morgan fingerprint density at radius 3 is 2.62 bits per heavy atom. The summed E-state index contributed by atoms with van der Waals surface area (Å²) in [7, 11) is 0. The SMILES string of the molecule is Cc1nn(-c2ccccc2)c(N2CCCCC2)c1/C=N/NC(N)=S. The van der Waals surface area contributed by atoms with Crippen molar-refractivity contribution in [2.75, 3.05) is 18.0 Å². The van der Waals surface area contributed by atoms with Crippen LogP contribution in [0.3, 0.4) is 0 Å². The van der Waals surface area contributed by atoms with E-state index in [-0.39, 0.29) is 5.11 Å². The summed E-state index contributed by atoms with van der Waals surface area (Å²) in [6, 6.07) is 10.2. The van der Waals surface area contributed by atoms with E-state index in [0.29, 0.717) is 0 Å². The van der Waals surface area contributed by atoms with Crippen molar-refractivity contribution < 1.29 is 0 Å². The second kappa shape index (κ2) is 7.44. The fourth-order valence-electron chi connectivity index (χ4n) is 3.00. The number of para-hydroxylation sites is 1. The molecule has 0 unspecified atom stereocenters. The predicted molar refractivity (Wildman–Crippen MR) is 102 cm³/mol. The van der Waals surface area contributed by atoms with Gasteiger partial charge in [-0.2, -0.15) is 10.2 Å². The molecule has 1 saturated heterocycles. The number of nitrogens with zero attached hydrogens (tertiary/aromatic N) is 4. The van der Waals surface area contributed by atoms with Gasteiger partial charge < -0.3 is 10.6 Å². The van der Waals surface area contributed by atoms with E-state index >= 15 is 0 Å². The van der Waals surface area contributed by atoms with Crippen LogP contribution >= 0.6 is 12.2 Å². The molecule has 0 atom stereocenters. The molecule has 0 spiro atoms. The zero-order chi connectivity index (χ0) is 16.9. The van der Waals surface area contributed by atoms with Crippen LogP contribution in [0.5, 0.6) is 0 Å². The average molecular weight is 342 g/mol. The summed E-state index contributed by atoms with van der Waals surface area (Å²) >= 11 is 4.81. The average Bonchev–Trinajstić information content (AvgIpc) is 2.93. The van der Waals surface area contributed by atoms with E-state index in [1.165, 1.54) is 19.3 Å². The Hall–Kier alpha value is -2.41. The topological polar surface area (TPSA) is 71.5 Å². The van der Waals surface area contributed by atoms with Gasteiger partial charge in [0.25, 0.3) is 0 Å². The van der Waals surface area contributed by atoms with E-state index in [9.17, 15) is 0 Å². The van der Waals surface area contributed by atoms with Crippen LogP contribution in [0.25, 0.3) is 5.69 Å². The second-order valence-corrected chi connectivity index (χ2v) is 6.29. The molecule has 3 N–H and O–H groups in total. The molecule has 1 aliphatic heterocycles. The molecule has 1 aromatic carbocycles. The highest BCUT2D eigenvalue weighted by Gasteiger charge is 2.22. The quantitative estimate of drug-likeness (QED) is 0.507. The van der Waals surface area contributed by atoms with Crippen LogP contribution in [0.1, 0.15) is 30.5 Å². The first kappa shape index (κ1) is 16.4. The number of hydrogen-bond acceptors (Lipinski definition) is 4. The number of rotatable bonds is 4. The normalized spacial score (nSPS) is 15.0. The Labute approximate surface area is 147 Å². The molecule has 3 rings (SSSR count). The highest BCUT2D eigenvalue weighted by molar-refractivity contribution is 7.80. The number of nitrogens with one attached hydrogen (secondary N) is 1. The van der Waals surface area contributed by atoms with Gasteiger partial charge >= 0.3 is 0 Å². The third-order valence-corrected chi connectivity index (χ3v) is 4.20. The summed E-state index contributed by atoms with van der Waals surface area (Å²) in [6.45, 7) is 4.05. The van der Waals surface area contributed by atoms with Crippen LogP contribution in [0, 0.1) is 6.92 Å². The van der Waals surface area contributed by atoms with Crippen molar-refractivity contribution in [1.29, 1.82) is 0 Å². The Kier molecular flexibility index (Phi) is 5.10. The number of hydrazone groups is 1. The van der Waals surface area contributed by atoms with Crippen molar-refractivity contribution in [3.05, 3.63) is 41.6 Å². The largest absolute Gasteiger partial charge is 0.375 e. The first-order valence-corrected chi connectivity index (χ1v) is 8.56. The van der Waals surface area contributed by atoms with Crippen molar-refractivity contribution in [2.45, 2.75) is 26.2 Å². The molecular weight excluding hydrogens is 320 g/mol. The molecule has 2 heterocycles. The number of benzene rings is 1. The van der Waals surface area contributed by atoms with E-state index in [4.69, 9.17) is 23.1 Å². The van der Waals surface area contributed by atoms with Gasteiger partial charge in [0.2, 0.25) is 0 Å². The summed E-state index contributed by atoms with van der Waals surface area (Å²) in [5.74, 6) is 1.08. The van der Waals surface area contributed by atoms with E-state index in [1.807, 2.05) is 29.8 Å². The molecule has 24 heavy (non-hydrogen) atoms. The fourth-order valence-corrected chi connectivity index (χ4v) is 3.05. The Morgan fingerprint density at radius 1 is 1.25 bits per heavy atom. The summed E-state index contributed by atoms with van der Waals surface area (Å²) in [5.41, 5.74) is 11.0. The number of piperidine rings is 1. The minimum absolute atomic E-state index is 0.152. The lowest BCUT2D eigenvalue weighted by Crippen LogP contribution is -2.32. The number of thiocarbonyl (C=S) groups is 1. The maximum atomic E-state index is 5.45. The minimum atomic E-state index is 0.152. The maximum Gasteiger partial charge on any atom is 0.184 e. The van der Waals surface area contributed by atoms with Gasteiger partial charge in [-0.15, -0.1) is 0 Å². The minimum Gasteiger partial charge on any atom is -0.375 e. The second-order valence-electron chi connectivity index (χ2n) is 5.85. The van der Waals surface area contributed by atoms with E-state index in [2.05, 4.69) is 27.6 Å². The van der Waals surface area contributed by atoms with Gasteiger partial charge in [0.1, 0.15) is 5.82 Å². The van der Waals surface area contributed by atoms with E-state index in [0.717, 1.165) is 35.9 Å². The summed E-state index contributed by atoms with van der Waals surface area (Å²) in [4.78, 5) is 2.39. The number of anilines is 1. The van der Waals surface area contributed by atoms with Crippen LogP contribution in [-0.4, -0.2) is 34.2 Å². The predicted octanol–water partition coefficient (Wildman–Crippen LogP) is 2.34. The molecule has 1 aromatic heterocycles. The summed E-state index contributed by atoms with van der Waals surface area (Å²) in [5, 5.41) is 9.04. The molecule has 126 valence electrons. The molecule has 0 aliphatic carbocycles. The van der Waals surface area contributed by atoms with Gasteiger partial charge in [0.15, 0.2) is 5.11 Å². The molecule has 1 aliphatic rings. The van der Waals surface area contributed by atoms with Crippen molar-refractivity contribution >= 4 is 29.4 Å². The van der Waals surface area contributed by atoms with Gasteiger partial charge in [0.05, 0.1) is 23.2 Å². The van der Waals surface area contributed by atoms with Crippen LogP contribution < -0.4 is 16.1 Å². The van der Waals surface area contributed by atoms with Gasteiger partial charge in [-0.1, -0.05) is 18.2 Å².